The number of rotatable bonds is 3. The van der Waals surface area contributed by atoms with Crippen LogP contribution < -0.4 is 4.90 Å². The largest absolute Gasteiger partial charge is 0.444 e. The number of nitrogens with zero attached hydrogens (tertiary/aromatic N) is 2. The van der Waals surface area contributed by atoms with Gasteiger partial charge in [0.2, 0.25) is 10.0 Å². The highest BCUT2D eigenvalue weighted by Crippen LogP contribution is 2.36. The van der Waals surface area contributed by atoms with Crippen molar-refractivity contribution in [3.8, 4) is 0 Å². The number of fused-ring (bicyclic) bond motifs is 1. The SMILES string of the molecule is O=C1OCc2c(Cl)cccc2N1C1CCN(S(=O)(=O)c2cccc(Cl)c2F)CC1. The van der Waals surface area contributed by atoms with Crippen molar-refractivity contribution in [3.05, 3.63) is 57.8 Å². The first kappa shape index (κ1) is 20.4. The van der Waals surface area contributed by atoms with Gasteiger partial charge in [0, 0.05) is 29.7 Å². The molecule has 2 aliphatic heterocycles. The highest BCUT2D eigenvalue weighted by Gasteiger charge is 2.38. The Kier molecular flexibility index (Phi) is 5.46. The van der Waals surface area contributed by atoms with E-state index in [1.165, 1.54) is 27.4 Å². The zero-order valence-corrected chi connectivity index (χ0v) is 17.5. The van der Waals surface area contributed by atoms with Crippen molar-refractivity contribution in [2.24, 2.45) is 0 Å². The summed E-state index contributed by atoms with van der Waals surface area (Å²) < 4.78 is 46.4. The summed E-state index contributed by atoms with van der Waals surface area (Å²) in [5, 5.41) is 0.266. The van der Waals surface area contributed by atoms with Crippen LogP contribution in [0.5, 0.6) is 0 Å². The Morgan fingerprint density at radius 2 is 1.69 bits per heavy atom. The third-order valence-electron chi connectivity index (χ3n) is 5.21. The summed E-state index contributed by atoms with van der Waals surface area (Å²) in [4.78, 5) is 13.5. The van der Waals surface area contributed by atoms with Crippen LogP contribution in [-0.2, 0) is 21.4 Å². The van der Waals surface area contributed by atoms with Crippen molar-refractivity contribution in [2.75, 3.05) is 18.0 Å². The van der Waals surface area contributed by atoms with Crippen LogP contribution in [0.4, 0.5) is 14.9 Å². The molecular formula is C19H17Cl2FN2O4S. The van der Waals surface area contributed by atoms with E-state index < -0.39 is 26.8 Å². The van der Waals surface area contributed by atoms with Gasteiger partial charge in [-0.1, -0.05) is 35.3 Å². The third kappa shape index (κ3) is 3.59. The van der Waals surface area contributed by atoms with Crippen LogP contribution >= 0.6 is 23.2 Å². The Morgan fingerprint density at radius 3 is 2.41 bits per heavy atom. The number of amides is 1. The van der Waals surface area contributed by atoms with Gasteiger partial charge in [-0.3, -0.25) is 4.90 Å². The van der Waals surface area contributed by atoms with Gasteiger partial charge in [0.1, 0.15) is 11.5 Å². The van der Waals surface area contributed by atoms with Crippen molar-refractivity contribution >= 4 is 45.0 Å². The fourth-order valence-electron chi connectivity index (χ4n) is 3.73. The third-order valence-corrected chi connectivity index (χ3v) is 7.78. The molecule has 1 saturated heterocycles. The van der Waals surface area contributed by atoms with Crippen LogP contribution in [0.1, 0.15) is 18.4 Å². The molecule has 1 fully saturated rings. The first-order valence-corrected chi connectivity index (χ1v) is 11.2. The molecule has 10 heteroatoms. The predicted molar refractivity (Wildman–Crippen MR) is 107 cm³/mol. The second-order valence-corrected chi connectivity index (χ2v) is 9.57. The Morgan fingerprint density at radius 1 is 1.03 bits per heavy atom. The predicted octanol–water partition coefficient (Wildman–Crippen LogP) is 4.44. The number of halogens is 3. The van der Waals surface area contributed by atoms with Crippen LogP contribution in [0.15, 0.2) is 41.3 Å². The Labute approximate surface area is 177 Å². The van der Waals surface area contributed by atoms with E-state index in [4.69, 9.17) is 27.9 Å². The highest BCUT2D eigenvalue weighted by atomic mass is 35.5. The van der Waals surface area contributed by atoms with Gasteiger partial charge in [-0.25, -0.2) is 17.6 Å². The molecule has 29 heavy (non-hydrogen) atoms. The highest BCUT2D eigenvalue weighted by molar-refractivity contribution is 7.89. The van der Waals surface area contributed by atoms with Crippen molar-refractivity contribution in [1.29, 1.82) is 0 Å². The van der Waals surface area contributed by atoms with Gasteiger partial charge in [-0.2, -0.15) is 4.31 Å². The molecule has 2 aliphatic rings. The van der Waals surface area contributed by atoms with E-state index in [9.17, 15) is 17.6 Å². The monoisotopic (exact) mass is 458 g/mol. The lowest BCUT2D eigenvalue weighted by atomic mass is 10.0. The lowest BCUT2D eigenvalue weighted by Crippen LogP contribution is -2.50. The van der Waals surface area contributed by atoms with E-state index in [0.717, 1.165) is 5.56 Å². The summed E-state index contributed by atoms with van der Waals surface area (Å²) >= 11 is 12.0. The van der Waals surface area contributed by atoms with Crippen molar-refractivity contribution in [2.45, 2.75) is 30.4 Å². The second kappa shape index (κ2) is 7.75. The maximum absolute atomic E-state index is 14.3. The zero-order chi connectivity index (χ0) is 20.8. The average molecular weight is 459 g/mol. The number of hydrogen-bond donors (Lipinski definition) is 0. The van der Waals surface area contributed by atoms with Gasteiger partial charge in [0.15, 0.2) is 5.82 Å². The number of cyclic esters (lactones) is 1. The van der Waals surface area contributed by atoms with Crippen LogP contribution in [0.2, 0.25) is 10.0 Å². The number of anilines is 1. The van der Waals surface area contributed by atoms with Gasteiger partial charge in [0.25, 0.3) is 0 Å². The molecule has 0 bridgehead atoms. The summed E-state index contributed by atoms with van der Waals surface area (Å²) in [6, 6.07) is 8.92. The molecule has 6 nitrogen and oxygen atoms in total. The zero-order valence-electron chi connectivity index (χ0n) is 15.1. The standard InChI is InChI=1S/C19H17Cl2FN2O4S/c20-14-3-1-5-16-13(14)11-28-19(25)24(16)12-7-9-23(10-8-12)29(26,27)17-6-2-4-15(21)18(17)22/h1-6,12H,7-11H2. The molecule has 0 aromatic heterocycles. The van der Waals surface area contributed by atoms with Gasteiger partial charge in [-0.05, 0) is 37.1 Å². The van der Waals surface area contributed by atoms with Gasteiger partial charge in [0.05, 0.1) is 10.7 Å². The molecule has 0 unspecified atom stereocenters. The molecule has 0 saturated carbocycles. The summed E-state index contributed by atoms with van der Waals surface area (Å²) in [6.45, 7) is 0.378. The fourth-order valence-corrected chi connectivity index (χ4v) is 5.74. The van der Waals surface area contributed by atoms with E-state index >= 15 is 0 Å². The molecule has 154 valence electrons. The van der Waals surface area contributed by atoms with Crippen molar-refractivity contribution in [3.63, 3.8) is 0 Å². The Hall–Kier alpha value is -1.87. The van der Waals surface area contributed by atoms with E-state index in [1.807, 2.05) is 0 Å². The summed E-state index contributed by atoms with van der Waals surface area (Å²) in [7, 11) is -4.03. The minimum absolute atomic E-state index is 0.103. The minimum Gasteiger partial charge on any atom is -0.444 e. The first-order valence-electron chi connectivity index (χ1n) is 8.98. The number of hydrogen-bond acceptors (Lipinski definition) is 4. The molecule has 0 aliphatic carbocycles. The number of ether oxygens (including phenoxy) is 1. The fraction of sp³-hybridized carbons (Fsp3) is 0.316. The maximum Gasteiger partial charge on any atom is 0.414 e. The Bertz CT molecular complexity index is 1070. The minimum atomic E-state index is -4.03. The second-order valence-electron chi connectivity index (χ2n) is 6.85. The van der Waals surface area contributed by atoms with Crippen molar-refractivity contribution < 1.29 is 22.3 Å². The number of sulfonamides is 1. The topological polar surface area (TPSA) is 66.9 Å². The normalized spacial score (nSPS) is 18.4. The van der Waals surface area contributed by atoms with Gasteiger partial charge < -0.3 is 4.74 Å². The van der Waals surface area contributed by atoms with Crippen LogP contribution in [0.25, 0.3) is 0 Å². The molecule has 2 heterocycles. The van der Waals surface area contributed by atoms with E-state index in [2.05, 4.69) is 0 Å². The lowest BCUT2D eigenvalue weighted by molar-refractivity contribution is 0.136. The molecule has 2 aromatic carbocycles. The molecule has 0 radical (unpaired) electrons. The quantitative estimate of drug-likeness (QED) is 0.681. The average Bonchev–Trinajstić information content (AvgIpc) is 2.70. The molecule has 4 rings (SSSR count). The Balaban J connectivity index is 1.55. The molecular weight excluding hydrogens is 442 g/mol. The number of piperidine rings is 1. The molecule has 0 spiro atoms. The van der Waals surface area contributed by atoms with E-state index in [1.54, 1.807) is 18.2 Å². The smallest absolute Gasteiger partial charge is 0.414 e. The molecule has 0 atom stereocenters. The lowest BCUT2D eigenvalue weighted by Gasteiger charge is -2.40. The number of carbonyl (C=O) groups excluding carboxylic acids is 1. The van der Waals surface area contributed by atoms with Crippen LogP contribution in [0, 0.1) is 5.82 Å². The van der Waals surface area contributed by atoms with E-state index in [0.29, 0.717) is 23.6 Å². The van der Waals surface area contributed by atoms with Gasteiger partial charge >= 0.3 is 6.09 Å². The summed E-state index contributed by atoms with van der Waals surface area (Å²) in [6.07, 6.45) is 0.271. The maximum atomic E-state index is 14.3. The number of carbonyl (C=O) groups is 1. The molecule has 2 aromatic rings. The molecule has 0 N–H and O–H groups in total. The van der Waals surface area contributed by atoms with Gasteiger partial charge in [-0.15, -0.1) is 0 Å². The number of benzene rings is 2. The molecule has 1 amide bonds. The summed E-state index contributed by atoms with van der Waals surface area (Å²) in [5.74, 6) is -0.959. The summed E-state index contributed by atoms with van der Waals surface area (Å²) in [5.41, 5.74) is 1.40. The first-order chi connectivity index (χ1) is 13.8. The van der Waals surface area contributed by atoms with Crippen LogP contribution in [0.3, 0.4) is 0 Å². The van der Waals surface area contributed by atoms with E-state index in [-0.39, 0.29) is 30.8 Å². The van der Waals surface area contributed by atoms with Crippen LogP contribution in [-0.4, -0.2) is 37.9 Å². The van der Waals surface area contributed by atoms with Crippen molar-refractivity contribution in [1.82, 2.24) is 4.31 Å².